The molecule has 1 heterocycles. The summed E-state index contributed by atoms with van der Waals surface area (Å²) in [5, 5.41) is 8.94. The standard InChI is InChI=1S/C14H17N3O2/c1-16-9-10-17(12(7-8-15)14(16)18)11-5-3-4-6-13(11)19-2/h3-6,12H,7,9-10H2,1-2H3. The van der Waals surface area contributed by atoms with Crippen LogP contribution in [0.1, 0.15) is 6.42 Å². The van der Waals surface area contributed by atoms with Crippen LogP contribution in [0.5, 0.6) is 5.75 Å². The number of carbonyl (C=O) groups excluding carboxylic acids is 1. The van der Waals surface area contributed by atoms with Crippen molar-refractivity contribution in [1.82, 2.24) is 4.90 Å². The molecule has 0 bridgehead atoms. The maximum atomic E-state index is 12.2. The molecule has 0 spiro atoms. The average Bonchev–Trinajstić information content (AvgIpc) is 2.44. The first-order valence-electron chi connectivity index (χ1n) is 6.20. The Balaban J connectivity index is 2.36. The van der Waals surface area contributed by atoms with Gasteiger partial charge in [-0.2, -0.15) is 5.26 Å². The van der Waals surface area contributed by atoms with Crippen molar-refractivity contribution in [3.8, 4) is 11.8 Å². The van der Waals surface area contributed by atoms with Crippen LogP contribution in [0.15, 0.2) is 24.3 Å². The Labute approximate surface area is 113 Å². The van der Waals surface area contributed by atoms with E-state index < -0.39 is 6.04 Å². The maximum absolute atomic E-state index is 12.2. The van der Waals surface area contributed by atoms with Gasteiger partial charge in [0.05, 0.1) is 25.3 Å². The normalized spacial score (nSPS) is 19.2. The summed E-state index contributed by atoms with van der Waals surface area (Å²) in [5.74, 6) is 0.710. The number of para-hydroxylation sites is 2. The van der Waals surface area contributed by atoms with Crippen molar-refractivity contribution < 1.29 is 9.53 Å². The van der Waals surface area contributed by atoms with Crippen LogP contribution < -0.4 is 9.64 Å². The van der Waals surface area contributed by atoms with Gasteiger partial charge >= 0.3 is 0 Å². The number of anilines is 1. The number of methoxy groups -OCH3 is 1. The average molecular weight is 259 g/mol. The molecule has 5 heteroatoms. The molecule has 0 N–H and O–H groups in total. The van der Waals surface area contributed by atoms with Gasteiger partial charge in [-0.15, -0.1) is 0 Å². The highest BCUT2D eigenvalue weighted by Gasteiger charge is 2.34. The minimum atomic E-state index is -0.431. The summed E-state index contributed by atoms with van der Waals surface area (Å²) >= 11 is 0. The predicted octanol–water partition coefficient (Wildman–Crippen LogP) is 1.26. The fourth-order valence-electron chi connectivity index (χ4n) is 2.35. The fourth-order valence-corrected chi connectivity index (χ4v) is 2.35. The van der Waals surface area contributed by atoms with E-state index in [1.165, 1.54) is 0 Å². The molecule has 0 aromatic heterocycles. The van der Waals surface area contributed by atoms with Crippen LogP contribution in [-0.4, -0.2) is 44.1 Å². The molecule has 1 atom stereocenters. The lowest BCUT2D eigenvalue weighted by Gasteiger charge is -2.40. The molecular formula is C14H17N3O2. The van der Waals surface area contributed by atoms with E-state index in [0.717, 1.165) is 11.4 Å². The Morgan fingerprint density at radius 2 is 2.16 bits per heavy atom. The van der Waals surface area contributed by atoms with Crippen molar-refractivity contribution in [3.63, 3.8) is 0 Å². The van der Waals surface area contributed by atoms with Crippen LogP contribution in [0.2, 0.25) is 0 Å². The molecule has 2 rings (SSSR count). The van der Waals surface area contributed by atoms with Crippen LogP contribution in [0.4, 0.5) is 5.69 Å². The predicted molar refractivity (Wildman–Crippen MR) is 72.0 cm³/mol. The first-order chi connectivity index (χ1) is 9.19. The second-order valence-electron chi connectivity index (χ2n) is 4.50. The molecule has 1 unspecified atom stereocenters. The number of hydrogen-bond donors (Lipinski definition) is 0. The van der Waals surface area contributed by atoms with Crippen molar-refractivity contribution >= 4 is 11.6 Å². The van der Waals surface area contributed by atoms with E-state index in [0.29, 0.717) is 13.1 Å². The SMILES string of the molecule is COc1ccccc1N1CCN(C)C(=O)C1CC#N. The number of nitrogens with zero attached hydrogens (tertiary/aromatic N) is 3. The Morgan fingerprint density at radius 3 is 2.84 bits per heavy atom. The second kappa shape index (κ2) is 5.61. The van der Waals surface area contributed by atoms with E-state index in [9.17, 15) is 4.79 Å². The van der Waals surface area contributed by atoms with Crippen LogP contribution in [-0.2, 0) is 4.79 Å². The second-order valence-corrected chi connectivity index (χ2v) is 4.50. The van der Waals surface area contributed by atoms with Gasteiger partial charge in [-0.05, 0) is 12.1 Å². The number of likely N-dealkylation sites (N-methyl/N-ethyl adjacent to an activating group) is 1. The summed E-state index contributed by atoms with van der Waals surface area (Å²) in [4.78, 5) is 15.8. The van der Waals surface area contributed by atoms with Crippen molar-refractivity contribution in [2.24, 2.45) is 0 Å². The third kappa shape index (κ3) is 2.48. The van der Waals surface area contributed by atoms with Crippen LogP contribution in [0.3, 0.4) is 0 Å². The quantitative estimate of drug-likeness (QED) is 0.820. The smallest absolute Gasteiger partial charge is 0.246 e. The minimum Gasteiger partial charge on any atom is -0.495 e. The van der Waals surface area contributed by atoms with Gasteiger partial charge in [0.1, 0.15) is 11.8 Å². The van der Waals surface area contributed by atoms with Crippen LogP contribution in [0, 0.1) is 11.3 Å². The van der Waals surface area contributed by atoms with E-state index >= 15 is 0 Å². The van der Waals surface area contributed by atoms with E-state index in [1.54, 1.807) is 19.1 Å². The summed E-state index contributed by atoms with van der Waals surface area (Å²) < 4.78 is 5.34. The molecule has 0 radical (unpaired) electrons. The summed E-state index contributed by atoms with van der Waals surface area (Å²) in [6.07, 6.45) is 0.182. The van der Waals surface area contributed by atoms with Gasteiger partial charge in [0.2, 0.25) is 5.91 Å². The number of hydrogen-bond acceptors (Lipinski definition) is 4. The largest absolute Gasteiger partial charge is 0.495 e. The van der Waals surface area contributed by atoms with Gasteiger partial charge in [0.25, 0.3) is 0 Å². The van der Waals surface area contributed by atoms with Gasteiger partial charge in [0, 0.05) is 20.1 Å². The minimum absolute atomic E-state index is 0.0151. The van der Waals surface area contributed by atoms with Gasteiger partial charge < -0.3 is 14.5 Å². The summed E-state index contributed by atoms with van der Waals surface area (Å²) in [6.45, 7) is 1.35. The zero-order valence-corrected chi connectivity index (χ0v) is 11.2. The molecule has 0 saturated carbocycles. The van der Waals surface area contributed by atoms with Crippen molar-refractivity contribution in [2.45, 2.75) is 12.5 Å². The Morgan fingerprint density at radius 1 is 1.42 bits per heavy atom. The number of ether oxygens (including phenoxy) is 1. The van der Waals surface area contributed by atoms with Crippen LogP contribution >= 0.6 is 0 Å². The number of piperazine rings is 1. The summed E-state index contributed by atoms with van der Waals surface area (Å²) in [7, 11) is 3.38. The highest BCUT2D eigenvalue weighted by Crippen LogP contribution is 2.31. The molecule has 1 aromatic rings. The van der Waals surface area contributed by atoms with Crippen molar-refractivity contribution in [2.75, 3.05) is 32.1 Å². The molecular weight excluding hydrogens is 242 g/mol. The van der Waals surface area contributed by atoms with E-state index in [2.05, 4.69) is 6.07 Å². The fraction of sp³-hybridized carbons (Fsp3) is 0.429. The lowest BCUT2D eigenvalue weighted by Crippen LogP contribution is -2.55. The molecule has 1 aliphatic heterocycles. The number of benzene rings is 1. The Hall–Kier alpha value is -2.22. The number of nitriles is 1. The highest BCUT2D eigenvalue weighted by molar-refractivity contribution is 5.87. The third-order valence-electron chi connectivity index (χ3n) is 3.39. The maximum Gasteiger partial charge on any atom is 0.246 e. The number of rotatable bonds is 3. The zero-order valence-electron chi connectivity index (χ0n) is 11.2. The van der Waals surface area contributed by atoms with Gasteiger partial charge in [0.15, 0.2) is 0 Å². The van der Waals surface area contributed by atoms with Gasteiger partial charge in [-0.25, -0.2) is 0 Å². The van der Waals surface area contributed by atoms with E-state index in [1.807, 2.05) is 29.2 Å². The number of carbonyl (C=O) groups is 1. The van der Waals surface area contributed by atoms with Gasteiger partial charge in [-0.3, -0.25) is 4.79 Å². The lowest BCUT2D eigenvalue weighted by atomic mass is 10.1. The van der Waals surface area contributed by atoms with Crippen LogP contribution in [0.25, 0.3) is 0 Å². The van der Waals surface area contributed by atoms with E-state index in [-0.39, 0.29) is 12.3 Å². The molecule has 19 heavy (non-hydrogen) atoms. The summed E-state index contributed by atoms with van der Waals surface area (Å²) in [6, 6.07) is 9.24. The monoisotopic (exact) mass is 259 g/mol. The topological polar surface area (TPSA) is 56.6 Å². The molecule has 1 saturated heterocycles. The molecule has 1 amide bonds. The van der Waals surface area contributed by atoms with Gasteiger partial charge in [-0.1, -0.05) is 12.1 Å². The Bertz CT molecular complexity index is 510. The van der Waals surface area contributed by atoms with E-state index in [4.69, 9.17) is 10.00 Å². The molecule has 100 valence electrons. The first kappa shape index (κ1) is 13.2. The van der Waals surface area contributed by atoms with Crippen molar-refractivity contribution in [1.29, 1.82) is 5.26 Å². The summed E-state index contributed by atoms with van der Waals surface area (Å²) in [5.41, 5.74) is 0.867. The lowest BCUT2D eigenvalue weighted by molar-refractivity contribution is -0.132. The highest BCUT2D eigenvalue weighted by atomic mass is 16.5. The Kier molecular flexibility index (Phi) is 3.91. The molecule has 5 nitrogen and oxygen atoms in total. The molecule has 1 aliphatic rings. The first-order valence-corrected chi connectivity index (χ1v) is 6.20. The molecule has 1 aromatic carbocycles. The zero-order chi connectivity index (χ0) is 13.8. The molecule has 1 fully saturated rings. The third-order valence-corrected chi connectivity index (χ3v) is 3.39. The molecule has 0 aliphatic carbocycles. The van der Waals surface area contributed by atoms with Crippen molar-refractivity contribution in [3.05, 3.63) is 24.3 Å². The number of amides is 1.